The maximum Gasteiger partial charge on any atom is 0.405 e. The van der Waals surface area contributed by atoms with Crippen LogP contribution in [-0.4, -0.2) is 31.8 Å². The van der Waals surface area contributed by atoms with Crippen molar-refractivity contribution in [1.29, 1.82) is 0 Å². The quantitative estimate of drug-likeness (QED) is 0.845. The Morgan fingerprint density at radius 3 is 2.67 bits per heavy atom. The molecule has 1 aromatic rings. The lowest BCUT2D eigenvalue weighted by Gasteiger charge is -2.17. The van der Waals surface area contributed by atoms with E-state index in [1.54, 1.807) is 18.2 Å². The third-order valence-electron chi connectivity index (χ3n) is 2.74. The number of ether oxygens (including phenoxy) is 1. The number of benzene rings is 1. The van der Waals surface area contributed by atoms with Crippen molar-refractivity contribution in [2.45, 2.75) is 25.7 Å². The second kappa shape index (κ2) is 7.51. The summed E-state index contributed by atoms with van der Waals surface area (Å²) in [6.07, 6.45) is -4.43. The van der Waals surface area contributed by atoms with Crippen molar-refractivity contribution >= 4 is 17.5 Å². The summed E-state index contributed by atoms with van der Waals surface area (Å²) < 4.78 is 41.2. The van der Waals surface area contributed by atoms with Gasteiger partial charge in [0.2, 0.25) is 5.91 Å². The largest absolute Gasteiger partial charge is 0.496 e. The molecule has 1 aromatic carbocycles. The first-order valence-electron chi connectivity index (χ1n) is 6.14. The van der Waals surface area contributed by atoms with E-state index in [4.69, 9.17) is 16.3 Å². The highest BCUT2D eigenvalue weighted by Crippen LogP contribution is 2.25. The number of nitrogens with one attached hydrogen (secondary N) is 2. The Balaban J connectivity index is 2.57. The lowest BCUT2D eigenvalue weighted by atomic mass is 10.2. The van der Waals surface area contributed by atoms with Crippen LogP contribution in [-0.2, 0) is 11.3 Å². The third-order valence-corrected chi connectivity index (χ3v) is 3.09. The SMILES string of the molecule is COc1cccc(Cl)c1CNC(C)C(=O)NCC(F)(F)F. The van der Waals surface area contributed by atoms with Gasteiger partial charge >= 0.3 is 6.18 Å². The summed E-state index contributed by atoms with van der Waals surface area (Å²) in [5.41, 5.74) is 0.636. The number of methoxy groups -OCH3 is 1. The predicted molar refractivity (Wildman–Crippen MR) is 73.4 cm³/mol. The molecule has 1 atom stereocenters. The summed E-state index contributed by atoms with van der Waals surface area (Å²) in [7, 11) is 1.48. The van der Waals surface area contributed by atoms with Crippen LogP contribution in [0.25, 0.3) is 0 Å². The lowest BCUT2D eigenvalue weighted by molar-refractivity contribution is -0.139. The van der Waals surface area contributed by atoms with Crippen LogP contribution < -0.4 is 15.4 Å². The molecular formula is C13H16ClF3N2O2. The molecule has 4 nitrogen and oxygen atoms in total. The van der Waals surface area contributed by atoms with Crippen molar-refractivity contribution in [1.82, 2.24) is 10.6 Å². The second-order valence-corrected chi connectivity index (χ2v) is 4.76. The maximum absolute atomic E-state index is 12.0. The van der Waals surface area contributed by atoms with Crippen molar-refractivity contribution in [2.24, 2.45) is 0 Å². The van der Waals surface area contributed by atoms with Crippen LogP contribution in [0.1, 0.15) is 12.5 Å². The minimum absolute atomic E-state index is 0.198. The molecule has 0 saturated heterocycles. The average molecular weight is 325 g/mol. The monoisotopic (exact) mass is 324 g/mol. The molecule has 0 aliphatic carbocycles. The van der Waals surface area contributed by atoms with Crippen LogP contribution in [0.3, 0.4) is 0 Å². The molecule has 21 heavy (non-hydrogen) atoms. The van der Waals surface area contributed by atoms with Crippen LogP contribution in [0.2, 0.25) is 5.02 Å². The first-order valence-corrected chi connectivity index (χ1v) is 6.51. The highest BCUT2D eigenvalue weighted by molar-refractivity contribution is 6.31. The summed E-state index contributed by atoms with van der Waals surface area (Å²) >= 11 is 6.02. The van der Waals surface area contributed by atoms with Crippen LogP contribution in [0.4, 0.5) is 13.2 Å². The molecule has 1 unspecified atom stereocenters. The predicted octanol–water partition coefficient (Wildman–Crippen LogP) is 2.51. The Morgan fingerprint density at radius 1 is 1.43 bits per heavy atom. The van der Waals surface area contributed by atoms with Gasteiger partial charge in [-0.2, -0.15) is 13.2 Å². The number of carbonyl (C=O) groups is 1. The standard InChI is InChI=1S/C13H16ClF3N2O2/c1-8(12(20)19-7-13(15,16)17)18-6-9-10(14)4-3-5-11(9)21-2/h3-5,8,18H,6-7H2,1-2H3,(H,19,20). The van der Waals surface area contributed by atoms with Crippen molar-refractivity contribution < 1.29 is 22.7 Å². The normalized spacial score (nSPS) is 12.9. The molecule has 0 aliphatic heterocycles. The van der Waals surface area contributed by atoms with Gasteiger partial charge < -0.3 is 15.4 Å². The lowest BCUT2D eigenvalue weighted by Crippen LogP contribution is -2.45. The van der Waals surface area contributed by atoms with E-state index in [0.29, 0.717) is 16.3 Å². The zero-order valence-electron chi connectivity index (χ0n) is 11.6. The van der Waals surface area contributed by atoms with E-state index < -0.39 is 24.7 Å². The van der Waals surface area contributed by atoms with Gasteiger partial charge in [0.25, 0.3) is 0 Å². The Morgan fingerprint density at radius 2 is 2.10 bits per heavy atom. The number of amides is 1. The van der Waals surface area contributed by atoms with E-state index in [0.717, 1.165) is 0 Å². The first-order chi connectivity index (χ1) is 9.74. The van der Waals surface area contributed by atoms with E-state index in [-0.39, 0.29) is 6.54 Å². The van der Waals surface area contributed by atoms with E-state index >= 15 is 0 Å². The van der Waals surface area contributed by atoms with Gasteiger partial charge in [-0.3, -0.25) is 4.79 Å². The molecule has 0 aromatic heterocycles. The Kier molecular flexibility index (Phi) is 6.29. The van der Waals surface area contributed by atoms with Gasteiger partial charge in [0.15, 0.2) is 0 Å². The first kappa shape index (κ1) is 17.6. The Hall–Kier alpha value is -1.47. The van der Waals surface area contributed by atoms with Crippen LogP contribution in [0.5, 0.6) is 5.75 Å². The summed E-state index contributed by atoms with van der Waals surface area (Å²) in [6.45, 7) is 0.311. The average Bonchev–Trinajstić information content (AvgIpc) is 2.41. The maximum atomic E-state index is 12.0. The number of rotatable bonds is 6. The van der Waals surface area contributed by atoms with Crippen LogP contribution >= 0.6 is 11.6 Å². The van der Waals surface area contributed by atoms with Crippen molar-refractivity contribution in [3.63, 3.8) is 0 Å². The highest BCUT2D eigenvalue weighted by Gasteiger charge is 2.28. The summed E-state index contributed by atoms with van der Waals surface area (Å²) in [4.78, 5) is 11.5. The molecule has 0 bridgehead atoms. The van der Waals surface area contributed by atoms with Gasteiger partial charge in [-0.1, -0.05) is 17.7 Å². The topological polar surface area (TPSA) is 50.4 Å². The van der Waals surface area contributed by atoms with Gasteiger partial charge in [-0.05, 0) is 19.1 Å². The van der Waals surface area contributed by atoms with Gasteiger partial charge in [-0.25, -0.2) is 0 Å². The van der Waals surface area contributed by atoms with Crippen molar-refractivity contribution in [2.75, 3.05) is 13.7 Å². The molecule has 2 N–H and O–H groups in total. The molecule has 8 heteroatoms. The van der Waals surface area contributed by atoms with E-state index in [9.17, 15) is 18.0 Å². The van der Waals surface area contributed by atoms with E-state index in [1.165, 1.54) is 14.0 Å². The fourth-order valence-corrected chi connectivity index (χ4v) is 1.82. The summed E-state index contributed by atoms with van der Waals surface area (Å²) in [5.74, 6) is -0.198. The number of hydrogen-bond donors (Lipinski definition) is 2. The zero-order valence-corrected chi connectivity index (χ0v) is 12.3. The molecule has 1 amide bonds. The fraction of sp³-hybridized carbons (Fsp3) is 0.462. The molecule has 0 heterocycles. The smallest absolute Gasteiger partial charge is 0.405 e. The number of halogens is 4. The molecule has 1 rings (SSSR count). The molecule has 0 fully saturated rings. The van der Waals surface area contributed by atoms with Gasteiger partial charge in [-0.15, -0.1) is 0 Å². The Bertz CT molecular complexity index is 495. The minimum atomic E-state index is -4.43. The molecular weight excluding hydrogens is 309 g/mol. The van der Waals surface area contributed by atoms with Crippen LogP contribution in [0.15, 0.2) is 18.2 Å². The number of alkyl halides is 3. The minimum Gasteiger partial charge on any atom is -0.496 e. The summed E-state index contributed by atoms with van der Waals surface area (Å²) in [5, 5.41) is 5.07. The van der Waals surface area contributed by atoms with E-state index in [1.807, 2.05) is 5.32 Å². The third kappa shape index (κ3) is 5.81. The van der Waals surface area contributed by atoms with Crippen LogP contribution in [0, 0.1) is 0 Å². The second-order valence-electron chi connectivity index (χ2n) is 4.36. The zero-order chi connectivity index (χ0) is 16.0. The molecule has 0 radical (unpaired) electrons. The van der Waals surface area contributed by atoms with Crippen molar-refractivity contribution in [3.8, 4) is 5.75 Å². The molecule has 0 saturated carbocycles. The van der Waals surface area contributed by atoms with Gasteiger partial charge in [0.05, 0.1) is 13.2 Å². The molecule has 118 valence electrons. The Labute approximate surface area is 125 Å². The molecule has 0 spiro atoms. The van der Waals surface area contributed by atoms with Gasteiger partial charge in [0, 0.05) is 17.1 Å². The summed E-state index contributed by atoms with van der Waals surface area (Å²) in [6, 6.07) is 4.28. The highest BCUT2D eigenvalue weighted by atomic mass is 35.5. The van der Waals surface area contributed by atoms with Crippen molar-refractivity contribution in [3.05, 3.63) is 28.8 Å². The number of carbonyl (C=O) groups excluding carboxylic acids is 1. The van der Waals surface area contributed by atoms with Gasteiger partial charge in [0.1, 0.15) is 12.3 Å². The fourth-order valence-electron chi connectivity index (χ4n) is 1.59. The molecule has 0 aliphatic rings. The van der Waals surface area contributed by atoms with E-state index in [2.05, 4.69) is 5.32 Å². The number of hydrogen-bond acceptors (Lipinski definition) is 3.